The molecule has 3 rings (SSSR count). The van der Waals surface area contributed by atoms with Crippen LogP contribution in [0.2, 0.25) is 0 Å². The Morgan fingerprint density at radius 2 is 1.85 bits per heavy atom. The lowest BCUT2D eigenvalue weighted by Gasteiger charge is -2.22. The number of benzene rings is 1. The largest absolute Gasteiger partial charge is 0.337 e. The van der Waals surface area contributed by atoms with Crippen LogP contribution < -0.4 is 0 Å². The molecule has 2 saturated heterocycles. The number of amides is 3. The maximum atomic E-state index is 13.1. The van der Waals surface area contributed by atoms with E-state index in [-0.39, 0.29) is 24.1 Å². The number of hydrogen-bond acceptors (Lipinski definition) is 5. The molecule has 2 fully saturated rings. The number of hydrogen-bond donors (Lipinski definition) is 0. The Morgan fingerprint density at radius 1 is 1.07 bits per heavy atom. The van der Waals surface area contributed by atoms with Gasteiger partial charge in [0.25, 0.3) is 5.91 Å². The Hall–Kier alpha value is -1.86. The van der Waals surface area contributed by atoms with Crippen molar-refractivity contribution in [1.82, 2.24) is 14.7 Å². The second-order valence-corrected chi connectivity index (χ2v) is 8.11. The number of carbonyl (C=O) groups excluding carboxylic acids is 3. The van der Waals surface area contributed by atoms with Crippen LogP contribution in [0.1, 0.15) is 37.0 Å². The quantitative estimate of drug-likeness (QED) is 0.722. The molecule has 0 radical (unpaired) electrons. The molecule has 0 aliphatic carbocycles. The van der Waals surface area contributed by atoms with E-state index in [4.69, 9.17) is 0 Å². The zero-order valence-corrected chi connectivity index (χ0v) is 16.8. The molecule has 1 aromatic rings. The van der Waals surface area contributed by atoms with E-state index in [2.05, 4.69) is 11.8 Å². The highest BCUT2D eigenvalue weighted by molar-refractivity contribution is 8.00. The molecule has 2 heterocycles. The van der Waals surface area contributed by atoms with Gasteiger partial charge in [0.05, 0.1) is 10.8 Å². The Morgan fingerprint density at radius 3 is 2.56 bits per heavy atom. The molecule has 0 N–H and O–H groups in total. The highest BCUT2D eigenvalue weighted by atomic mass is 32.2. The summed E-state index contributed by atoms with van der Waals surface area (Å²) in [4.78, 5) is 43.9. The van der Waals surface area contributed by atoms with E-state index in [1.807, 2.05) is 29.2 Å². The van der Waals surface area contributed by atoms with Gasteiger partial charge in [-0.1, -0.05) is 19.1 Å². The first-order chi connectivity index (χ1) is 13.0. The van der Waals surface area contributed by atoms with Crippen LogP contribution in [-0.2, 0) is 9.59 Å². The summed E-state index contributed by atoms with van der Waals surface area (Å²) in [7, 11) is 0. The van der Waals surface area contributed by atoms with Gasteiger partial charge in [0.1, 0.15) is 0 Å². The van der Waals surface area contributed by atoms with Gasteiger partial charge >= 0.3 is 0 Å². The number of nitrogens with zero attached hydrogens (tertiary/aromatic N) is 3. The van der Waals surface area contributed by atoms with E-state index in [0.717, 1.165) is 44.0 Å². The van der Waals surface area contributed by atoms with Crippen LogP contribution in [0.25, 0.3) is 0 Å². The van der Waals surface area contributed by atoms with Gasteiger partial charge in [-0.15, -0.1) is 11.8 Å². The molecule has 6 nitrogen and oxygen atoms in total. The Balaban J connectivity index is 1.75. The van der Waals surface area contributed by atoms with Crippen LogP contribution in [0.5, 0.6) is 0 Å². The molecule has 146 valence electrons. The maximum Gasteiger partial charge on any atom is 0.255 e. The molecule has 1 unspecified atom stereocenters. The van der Waals surface area contributed by atoms with Gasteiger partial charge < -0.3 is 9.80 Å². The highest BCUT2D eigenvalue weighted by Gasteiger charge is 2.38. The lowest BCUT2D eigenvalue weighted by atomic mass is 10.2. The third kappa shape index (κ3) is 4.35. The van der Waals surface area contributed by atoms with Crippen LogP contribution >= 0.6 is 11.8 Å². The van der Waals surface area contributed by atoms with E-state index in [9.17, 15) is 14.4 Å². The summed E-state index contributed by atoms with van der Waals surface area (Å²) in [6.07, 6.45) is 1.17. The zero-order valence-electron chi connectivity index (χ0n) is 16.0. The summed E-state index contributed by atoms with van der Waals surface area (Å²) in [5.74, 6) is -0.265. The molecule has 27 heavy (non-hydrogen) atoms. The van der Waals surface area contributed by atoms with Crippen LogP contribution in [0.4, 0.5) is 0 Å². The third-order valence-corrected chi connectivity index (χ3v) is 6.49. The van der Waals surface area contributed by atoms with Gasteiger partial charge in [0.15, 0.2) is 0 Å². The summed E-state index contributed by atoms with van der Waals surface area (Å²) in [5.41, 5.74) is 0.627. The van der Waals surface area contributed by atoms with E-state index in [0.29, 0.717) is 12.1 Å². The molecule has 1 aromatic carbocycles. The second kappa shape index (κ2) is 8.89. The number of likely N-dealkylation sites (N-methyl/N-ethyl adjacent to an activating group) is 1. The summed E-state index contributed by atoms with van der Waals surface area (Å²) >= 11 is 1.34. The first-order valence-electron chi connectivity index (χ1n) is 9.66. The molecule has 7 heteroatoms. The summed E-state index contributed by atoms with van der Waals surface area (Å²) in [6.45, 7) is 8.72. The predicted octanol–water partition coefficient (Wildman–Crippen LogP) is 2.09. The van der Waals surface area contributed by atoms with Crippen molar-refractivity contribution >= 4 is 29.5 Å². The number of likely N-dealkylation sites (tertiary alicyclic amines) is 1. The average Bonchev–Trinajstić information content (AvgIpc) is 2.84. The molecule has 0 aromatic heterocycles. The molecular formula is C20H27N3O3S. The SMILES string of the molecule is CCN1CCCN(C(=O)c2ccccc2SC2CC(=O)N(CC)C2=O)CC1. The van der Waals surface area contributed by atoms with Crippen LogP contribution in [0.3, 0.4) is 0 Å². The number of carbonyl (C=O) groups is 3. The number of imide groups is 1. The molecular weight excluding hydrogens is 362 g/mol. The molecule has 0 saturated carbocycles. The van der Waals surface area contributed by atoms with E-state index in [1.54, 1.807) is 6.92 Å². The van der Waals surface area contributed by atoms with Crippen molar-refractivity contribution in [2.75, 3.05) is 39.3 Å². The Labute approximate surface area is 164 Å². The van der Waals surface area contributed by atoms with Gasteiger partial charge in [-0.25, -0.2) is 0 Å². The molecule has 0 bridgehead atoms. The van der Waals surface area contributed by atoms with Crippen LogP contribution in [-0.4, -0.2) is 76.9 Å². The third-order valence-electron chi connectivity index (χ3n) is 5.23. The fourth-order valence-corrected chi connectivity index (χ4v) is 4.84. The first kappa shape index (κ1) is 19.9. The van der Waals surface area contributed by atoms with E-state index < -0.39 is 5.25 Å². The average molecular weight is 390 g/mol. The van der Waals surface area contributed by atoms with Gasteiger partial charge in [-0.2, -0.15) is 0 Å². The Kier molecular flexibility index (Phi) is 6.55. The van der Waals surface area contributed by atoms with Gasteiger partial charge in [0, 0.05) is 37.5 Å². The fraction of sp³-hybridized carbons (Fsp3) is 0.550. The van der Waals surface area contributed by atoms with Gasteiger partial charge in [-0.3, -0.25) is 19.3 Å². The topological polar surface area (TPSA) is 60.9 Å². The summed E-state index contributed by atoms with van der Waals surface area (Å²) < 4.78 is 0. The molecule has 3 amide bonds. The van der Waals surface area contributed by atoms with Crippen molar-refractivity contribution in [1.29, 1.82) is 0 Å². The lowest BCUT2D eigenvalue weighted by molar-refractivity contribution is -0.137. The number of rotatable bonds is 5. The smallest absolute Gasteiger partial charge is 0.255 e. The molecule has 1 atom stereocenters. The van der Waals surface area contributed by atoms with Crippen molar-refractivity contribution in [3.8, 4) is 0 Å². The second-order valence-electron chi connectivity index (χ2n) is 6.86. The summed E-state index contributed by atoms with van der Waals surface area (Å²) in [5, 5.41) is -0.439. The van der Waals surface area contributed by atoms with Crippen LogP contribution in [0, 0.1) is 0 Å². The molecule has 2 aliphatic rings. The van der Waals surface area contributed by atoms with Gasteiger partial charge in [-0.05, 0) is 38.6 Å². The summed E-state index contributed by atoms with van der Waals surface area (Å²) in [6, 6.07) is 7.43. The minimum absolute atomic E-state index is 0.0140. The first-order valence-corrected chi connectivity index (χ1v) is 10.5. The van der Waals surface area contributed by atoms with E-state index >= 15 is 0 Å². The lowest BCUT2D eigenvalue weighted by Crippen LogP contribution is -2.35. The van der Waals surface area contributed by atoms with Crippen molar-refractivity contribution in [2.45, 2.75) is 36.8 Å². The predicted molar refractivity (Wildman–Crippen MR) is 106 cm³/mol. The normalized spacial score (nSPS) is 21.6. The monoisotopic (exact) mass is 389 g/mol. The Bertz CT molecular complexity index is 724. The minimum atomic E-state index is -0.439. The molecule has 0 spiro atoms. The van der Waals surface area contributed by atoms with Crippen molar-refractivity contribution < 1.29 is 14.4 Å². The minimum Gasteiger partial charge on any atom is -0.337 e. The van der Waals surface area contributed by atoms with Crippen LogP contribution in [0.15, 0.2) is 29.2 Å². The highest BCUT2D eigenvalue weighted by Crippen LogP contribution is 2.34. The van der Waals surface area contributed by atoms with Crippen molar-refractivity contribution in [3.05, 3.63) is 29.8 Å². The van der Waals surface area contributed by atoms with E-state index in [1.165, 1.54) is 16.7 Å². The van der Waals surface area contributed by atoms with Crippen molar-refractivity contribution in [3.63, 3.8) is 0 Å². The van der Waals surface area contributed by atoms with Crippen molar-refractivity contribution in [2.24, 2.45) is 0 Å². The fourth-order valence-electron chi connectivity index (χ4n) is 3.64. The molecule has 2 aliphatic heterocycles. The van der Waals surface area contributed by atoms with Gasteiger partial charge in [0.2, 0.25) is 11.8 Å². The number of thioether (sulfide) groups is 1. The standard InChI is InChI=1S/C20H27N3O3S/c1-3-21-10-7-11-22(13-12-21)19(25)15-8-5-6-9-16(15)27-17-14-18(24)23(4-2)20(17)26/h5-6,8-9,17H,3-4,7,10-14H2,1-2H3. The zero-order chi connectivity index (χ0) is 19.4. The maximum absolute atomic E-state index is 13.1.